The maximum absolute atomic E-state index is 12.5. The van der Waals surface area contributed by atoms with E-state index in [0.717, 1.165) is 0 Å². The van der Waals surface area contributed by atoms with Gasteiger partial charge in [-0.3, -0.25) is 10.1 Å². The molecule has 1 aromatic heterocycles. The molecule has 26 heavy (non-hydrogen) atoms. The molecule has 0 unspecified atom stereocenters. The number of methoxy groups -OCH3 is 1. The normalized spacial score (nSPS) is 11.0. The molecule has 7 nitrogen and oxygen atoms in total. The van der Waals surface area contributed by atoms with Crippen LogP contribution in [0.4, 0.5) is 16.2 Å². The lowest BCUT2D eigenvalue weighted by atomic mass is 10.2. The number of furan rings is 1. The smallest absolute Gasteiger partial charge is 0.412 e. The lowest BCUT2D eigenvalue weighted by Gasteiger charge is -2.20. The van der Waals surface area contributed by atoms with Crippen LogP contribution in [0.1, 0.15) is 36.9 Å². The summed E-state index contributed by atoms with van der Waals surface area (Å²) in [7, 11) is 1.51. The molecule has 2 rings (SSSR count). The van der Waals surface area contributed by atoms with Crippen molar-refractivity contribution in [3.05, 3.63) is 40.3 Å². The summed E-state index contributed by atoms with van der Waals surface area (Å²) in [5, 5.41) is 5.34. The van der Waals surface area contributed by atoms with E-state index >= 15 is 0 Å². The van der Waals surface area contributed by atoms with Crippen molar-refractivity contribution in [2.24, 2.45) is 0 Å². The van der Waals surface area contributed by atoms with E-state index in [0.29, 0.717) is 27.4 Å². The van der Waals surface area contributed by atoms with E-state index in [-0.39, 0.29) is 5.76 Å². The molecule has 0 aliphatic heterocycles. The number of hydrogen-bond donors (Lipinski definition) is 2. The summed E-state index contributed by atoms with van der Waals surface area (Å²) >= 11 is 3.19. The molecule has 0 fully saturated rings. The monoisotopic (exact) mass is 424 g/mol. The first-order chi connectivity index (χ1) is 12.1. The summed E-state index contributed by atoms with van der Waals surface area (Å²) in [4.78, 5) is 24.6. The fourth-order valence-corrected chi connectivity index (χ4v) is 2.63. The third-order valence-corrected chi connectivity index (χ3v) is 3.60. The second-order valence-electron chi connectivity index (χ2n) is 6.56. The summed E-state index contributed by atoms with van der Waals surface area (Å²) in [6.45, 7) is 7.05. The zero-order valence-electron chi connectivity index (χ0n) is 15.2. The number of rotatable bonds is 4. The van der Waals surface area contributed by atoms with Crippen LogP contribution in [0.2, 0.25) is 0 Å². The van der Waals surface area contributed by atoms with Gasteiger partial charge in [-0.25, -0.2) is 4.79 Å². The molecule has 1 heterocycles. The molecule has 0 radical (unpaired) electrons. The molecule has 2 amide bonds. The molecule has 0 saturated heterocycles. The van der Waals surface area contributed by atoms with Crippen LogP contribution in [0.3, 0.4) is 0 Å². The van der Waals surface area contributed by atoms with Gasteiger partial charge in [-0.15, -0.1) is 0 Å². The van der Waals surface area contributed by atoms with E-state index in [1.807, 2.05) is 0 Å². The second-order valence-corrected chi connectivity index (χ2v) is 7.34. The quantitative estimate of drug-likeness (QED) is 0.723. The Kier molecular flexibility index (Phi) is 5.97. The standard InChI is InChI=1S/C18H21BrN2O5/c1-10-8-14(19)25-15(10)16(22)20-13-9-11(24-5)6-7-12(13)21-17(23)26-18(2,3)4/h6-9H,1-5H3,(H,20,22)(H,21,23). The van der Waals surface area contributed by atoms with Crippen molar-refractivity contribution in [2.45, 2.75) is 33.3 Å². The van der Waals surface area contributed by atoms with Crippen LogP contribution in [0.5, 0.6) is 5.75 Å². The number of halogens is 1. The molecule has 0 saturated carbocycles. The minimum atomic E-state index is -0.641. The number of carbonyl (C=O) groups excluding carboxylic acids is 2. The molecule has 0 atom stereocenters. The Bertz CT molecular complexity index is 823. The van der Waals surface area contributed by atoms with Crippen molar-refractivity contribution in [1.29, 1.82) is 0 Å². The molecule has 2 N–H and O–H groups in total. The van der Waals surface area contributed by atoms with Gasteiger partial charge < -0.3 is 19.2 Å². The average molecular weight is 425 g/mol. The predicted octanol–water partition coefficient (Wildman–Crippen LogP) is 4.96. The van der Waals surface area contributed by atoms with Gasteiger partial charge in [0.25, 0.3) is 5.91 Å². The lowest BCUT2D eigenvalue weighted by Crippen LogP contribution is -2.27. The van der Waals surface area contributed by atoms with Gasteiger partial charge in [0.1, 0.15) is 11.4 Å². The highest BCUT2D eigenvalue weighted by Gasteiger charge is 2.20. The summed E-state index contributed by atoms with van der Waals surface area (Å²) in [6.07, 6.45) is -0.630. The second kappa shape index (κ2) is 7.82. The number of amides is 2. The summed E-state index contributed by atoms with van der Waals surface area (Å²) in [5.41, 5.74) is 0.764. The van der Waals surface area contributed by atoms with Crippen LogP contribution >= 0.6 is 15.9 Å². The van der Waals surface area contributed by atoms with Gasteiger partial charge in [0.2, 0.25) is 0 Å². The first-order valence-electron chi connectivity index (χ1n) is 7.84. The van der Waals surface area contributed by atoms with Gasteiger partial charge in [0.05, 0.1) is 18.5 Å². The Morgan fingerprint density at radius 2 is 1.81 bits per heavy atom. The molecule has 0 aliphatic rings. The Morgan fingerprint density at radius 1 is 1.12 bits per heavy atom. The fraction of sp³-hybridized carbons (Fsp3) is 0.333. The minimum absolute atomic E-state index is 0.169. The number of carbonyl (C=O) groups is 2. The molecule has 8 heteroatoms. The Morgan fingerprint density at radius 3 is 2.35 bits per heavy atom. The maximum atomic E-state index is 12.5. The number of nitrogens with one attached hydrogen (secondary N) is 2. The molecule has 2 aromatic rings. The molecule has 140 valence electrons. The number of ether oxygens (including phenoxy) is 2. The zero-order chi connectivity index (χ0) is 19.5. The van der Waals surface area contributed by atoms with Crippen molar-refractivity contribution in [2.75, 3.05) is 17.7 Å². The van der Waals surface area contributed by atoms with Gasteiger partial charge in [0.15, 0.2) is 10.4 Å². The van der Waals surface area contributed by atoms with Crippen LogP contribution in [0.25, 0.3) is 0 Å². The summed E-state index contributed by atoms with van der Waals surface area (Å²) in [6, 6.07) is 6.57. The molecular formula is C18H21BrN2O5. The molecular weight excluding hydrogens is 404 g/mol. The van der Waals surface area contributed by atoms with Crippen molar-refractivity contribution < 1.29 is 23.5 Å². The summed E-state index contributed by atoms with van der Waals surface area (Å²) < 4.78 is 16.2. The zero-order valence-corrected chi connectivity index (χ0v) is 16.8. The van der Waals surface area contributed by atoms with Gasteiger partial charge in [-0.05, 0) is 61.8 Å². The van der Waals surface area contributed by atoms with Crippen molar-refractivity contribution >= 4 is 39.3 Å². The molecule has 0 spiro atoms. The van der Waals surface area contributed by atoms with E-state index in [4.69, 9.17) is 13.9 Å². The third-order valence-electron chi connectivity index (χ3n) is 3.20. The van der Waals surface area contributed by atoms with Crippen LogP contribution in [0.15, 0.2) is 33.4 Å². The Balaban J connectivity index is 2.26. The van der Waals surface area contributed by atoms with Gasteiger partial charge in [0, 0.05) is 11.6 Å². The summed E-state index contributed by atoms with van der Waals surface area (Å²) in [5.74, 6) is 0.240. The van der Waals surface area contributed by atoms with Gasteiger partial charge >= 0.3 is 6.09 Å². The van der Waals surface area contributed by atoms with E-state index in [1.54, 1.807) is 52.0 Å². The van der Waals surface area contributed by atoms with E-state index in [1.165, 1.54) is 7.11 Å². The van der Waals surface area contributed by atoms with Gasteiger partial charge in [-0.1, -0.05) is 0 Å². The molecule has 0 bridgehead atoms. The maximum Gasteiger partial charge on any atom is 0.412 e. The number of hydrogen-bond acceptors (Lipinski definition) is 5. The third kappa shape index (κ3) is 5.26. The SMILES string of the molecule is COc1ccc(NC(=O)OC(C)(C)C)c(NC(=O)c2oc(Br)cc2C)c1. The first kappa shape index (κ1) is 19.8. The van der Waals surface area contributed by atoms with Crippen LogP contribution in [0, 0.1) is 6.92 Å². The Labute approximate surface area is 160 Å². The van der Waals surface area contributed by atoms with Crippen LogP contribution < -0.4 is 15.4 Å². The highest BCUT2D eigenvalue weighted by Crippen LogP contribution is 2.29. The topological polar surface area (TPSA) is 89.8 Å². The van der Waals surface area contributed by atoms with Crippen LogP contribution in [-0.2, 0) is 4.74 Å². The number of anilines is 2. The molecule has 0 aliphatic carbocycles. The highest BCUT2D eigenvalue weighted by molar-refractivity contribution is 9.10. The number of aryl methyl sites for hydroxylation is 1. The average Bonchev–Trinajstić information content (AvgIpc) is 2.85. The highest BCUT2D eigenvalue weighted by atomic mass is 79.9. The molecule has 1 aromatic carbocycles. The van der Waals surface area contributed by atoms with Crippen molar-refractivity contribution in [3.63, 3.8) is 0 Å². The van der Waals surface area contributed by atoms with Crippen molar-refractivity contribution in [1.82, 2.24) is 0 Å². The predicted molar refractivity (Wildman–Crippen MR) is 102 cm³/mol. The Hall–Kier alpha value is -2.48. The number of benzene rings is 1. The van der Waals surface area contributed by atoms with Crippen molar-refractivity contribution in [3.8, 4) is 5.75 Å². The lowest BCUT2D eigenvalue weighted by molar-refractivity contribution is 0.0635. The van der Waals surface area contributed by atoms with E-state index < -0.39 is 17.6 Å². The van der Waals surface area contributed by atoms with E-state index in [2.05, 4.69) is 26.6 Å². The van der Waals surface area contributed by atoms with E-state index in [9.17, 15) is 9.59 Å². The minimum Gasteiger partial charge on any atom is -0.497 e. The largest absolute Gasteiger partial charge is 0.497 e. The van der Waals surface area contributed by atoms with Gasteiger partial charge in [-0.2, -0.15) is 0 Å². The first-order valence-corrected chi connectivity index (χ1v) is 8.63. The fourth-order valence-electron chi connectivity index (χ4n) is 2.12. The van der Waals surface area contributed by atoms with Crippen LogP contribution in [-0.4, -0.2) is 24.7 Å².